The molecule has 1 fully saturated rings. The average molecular weight is 278 g/mol. The number of ether oxygens (including phenoxy) is 1. The molecule has 0 unspecified atom stereocenters. The van der Waals surface area contributed by atoms with Crippen molar-refractivity contribution in [3.8, 4) is 0 Å². The van der Waals surface area contributed by atoms with Gasteiger partial charge in [0.05, 0.1) is 18.8 Å². The van der Waals surface area contributed by atoms with Crippen LogP contribution in [0, 0.1) is 0 Å². The number of alkyl halides is 1. The molecule has 0 spiro atoms. The van der Waals surface area contributed by atoms with Crippen molar-refractivity contribution in [2.24, 2.45) is 0 Å². The summed E-state index contributed by atoms with van der Waals surface area (Å²) in [5.41, 5.74) is -0.135. The number of halogens is 1. The van der Waals surface area contributed by atoms with E-state index in [1.807, 2.05) is 4.90 Å². The molecule has 0 atom stereocenters. The highest BCUT2D eigenvalue weighted by Gasteiger charge is 2.33. The van der Waals surface area contributed by atoms with Crippen LogP contribution in [0.4, 0.5) is 0 Å². The van der Waals surface area contributed by atoms with E-state index in [2.05, 4.69) is 29.8 Å². The fourth-order valence-corrected chi connectivity index (χ4v) is 2.22. The smallest absolute Gasteiger partial charge is 0.223 e. The van der Waals surface area contributed by atoms with Crippen molar-refractivity contribution in [2.45, 2.75) is 38.6 Å². The molecule has 1 aliphatic rings. The minimum absolute atomic E-state index is 0.135. The topological polar surface area (TPSA) is 29.5 Å². The molecule has 1 saturated heterocycles. The Kier molecular flexibility index (Phi) is 5.06. The maximum atomic E-state index is 11.9. The molecule has 0 radical (unpaired) electrons. The van der Waals surface area contributed by atoms with E-state index < -0.39 is 0 Å². The van der Waals surface area contributed by atoms with Gasteiger partial charge in [-0.05, 0) is 26.7 Å². The van der Waals surface area contributed by atoms with Crippen LogP contribution in [-0.4, -0.2) is 41.4 Å². The molecule has 1 aliphatic heterocycles. The lowest BCUT2D eigenvalue weighted by Crippen LogP contribution is -2.55. The summed E-state index contributed by atoms with van der Waals surface area (Å²) in [6, 6.07) is 0. The lowest BCUT2D eigenvalue weighted by atomic mass is 10.0. The number of nitrogens with zero attached hydrogens (tertiary/aromatic N) is 1. The van der Waals surface area contributed by atoms with Crippen LogP contribution < -0.4 is 0 Å². The SMILES string of the molecule is CC1(C)COCCN1C(=O)CCCCBr. The average Bonchev–Trinajstić information content (AvgIpc) is 2.17. The summed E-state index contributed by atoms with van der Waals surface area (Å²) in [6.07, 6.45) is 2.70. The molecular formula is C11H20BrNO2. The summed E-state index contributed by atoms with van der Waals surface area (Å²) < 4.78 is 5.39. The standard InChI is InChI=1S/C11H20BrNO2/c1-11(2)9-15-8-7-13(11)10(14)5-3-4-6-12/h3-9H2,1-2H3. The number of rotatable bonds is 4. The number of amides is 1. The van der Waals surface area contributed by atoms with Gasteiger partial charge in [-0.2, -0.15) is 0 Å². The number of hydrogen-bond acceptors (Lipinski definition) is 2. The summed E-state index contributed by atoms with van der Waals surface area (Å²) in [7, 11) is 0. The fraction of sp³-hybridized carbons (Fsp3) is 0.909. The molecule has 1 amide bonds. The highest BCUT2D eigenvalue weighted by molar-refractivity contribution is 9.09. The molecule has 0 aromatic rings. The molecule has 0 aromatic heterocycles. The third kappa shape index (κ3) is 3.76. The van der Waals surface area contributed by atoms with Gasteiger partial charge in [0.2, 0.25) is 5.91 Å². The molecule has 0 aromatic carbocycles. The van der Waals surface area contributed by atoms with Crippen molar-refractivity contribution in [3.05, 3.63) is 0 Å². The second kappa shape index (κ2) is 5.85. The van der Waals surface area contributed by atoms with Crippen LogP contribution in [0.25, 0.3) is 0 Å². The maximum Gasteiger partial charge on any atom is 0.223 e. The first-order valence-corrected chi connectivity index (χ1v) is 6.64. The Bertz CT molecular complexity index is 219. The molecule has 0 aliphatic carbocycles. The second-order valence-electron chi connectivity index (χ2n) is 4.56. The Balaban J connectivity index is 2.42. The van der Waals surface area contributed by atoms with Crippen LogP contribution in [0.3, 0.4) is 0 Å². The van der Waals surface area contributed by atoms with E-state index in [9.17, 15) is 4.79 Å². The van der Waals surface area contributed by atoms with Gasteiger partial charge in [-0.1, -0.05) is 15.9 Å². The predicted octanol–water partition coefficient (Wildman–Crippen LogP) is 2.19. The minimum atomic E-state index is -0.135. The maximum absolute atomic E-state index is 11.9. The van der Waals surface area contributed by atoms with Crippen LogP contribution in [0.15, 0.2) is 0 Å². The lowest BCUT2D eigenvalue weighted by Gasteiger charge is -2.42. The van der Waals surface area contributed by atoms with Crippen molar-refractivity contribution in [3.63, 3.8) is 0 Å². The van der Waals surface area contributed by atoms with Crippen LogP contribution in [0.2, 0.25) is 0 Å². The van der Waals surface area contributed by atoms with Gasteiger partial charge in [-0.3, -0.25) is 4.79 Å². The van der Waals surface area contributed by atoms with Crippen molar-refractivity contribution in [2.75, 3.05) is 25.1 Å². The zero-order chi connectivity index (χ0) is 11.3. The minimum Gasteiger partial charge on any atom is -0.377 e. The Hall–Kier alpha value is -0.0900. The summed E-state index contributed by atoms with van der Waals surface area (Å²) in [6.45, 7) is 6.19. The van der Waals surface area contributed by atoms with Crippen LogP contribution in [-0.2, 0) is 9.53 Å². The Morgan fingerprint density at radius 1 is 1.47 bits per heavy atom. The van der Waals surface area contributed by atoms with Gasteiger partial charge in [0.1, 0.15) is 0 Å². The third-order valence-corrected chi connectivity index (χ3v) is 3.28. The highest BCUT2D eigenvalue weighted by Crippen LogP contribution is 2.20. The van der Waals surface area contributed by atoms with Gasteiger partial charge >= 0.3 is 0 Å². The summed E-state index contributed by atoms with van der Waals surface area (Å²) in [5.74, 6) is 0.268. The number of carbonyl (C=O) groups is 1. The first-order valence-electron chi connectivity index (χ1n) is 5.52. The van der Waals surface area contributed by atoms with E-state index in [1.165, 1.54) is 0 Å². The Morgan fingerprint density at radius 3 is 2.80 bits per heavy atom. The monoisotopic (exact) mass is 277 g/mol. The highest BCUT2D eigenvalue weighted by atomic mass is 79.9. The zero-order valence-electron chi connectivity index (χ0n) is 9.59. The van der Waals surface area contributed by atoms with Crippen molar-refractivity contribution in [1.29, 1.82) is 0 Å². The first kappa shape index (κ1) is 13.0. The van der Waals surface area contributed by atoms with E-state index in [4.69, 9.17) is 4.74 Å². The Morgan fingerprint density at radius 2 is 2.20 bits per heavy atom. The largest absolute Gasteiger partial charge is 0.377 e. The van der Waals surface area contributed by atoms with Crippen LogP contribution in [0.5, 0.6) is 0 Å². The van der Waals surface area contributed by atoms with Gasteiger partial charge in [0.15, 0.2) is 0 Å². The van der Waals surface area contributed by atoms with Gasteiger partial charge in [0, 0.05) is 18.3 Å². The van der Waals surface area contributed by atoms with Crippen molar-refractivity contribution < 1.29 is 9.53 Å². The van der Waals surface area contributed by atoms with E-state index in [0.29, 0.717) is 19.6 Å². The zero-order valence-corrected chi connectivity index (χ0v) is 11.2. The van der Waals surface area contributed by atoms with Crippen molar-refractivity contribution >= 4 is 21.8 Å². The molecule has 0 saturated carbocycles. The quantitative estimate of drug-likeness (QED) is 0.583. The van der Waals surface area contributed by atoms with Crippen molar-refractivity contribution in [1.82, 2.24) is 4.90 Å². The van der Waals surface area contributed by atoms with Crippen LogP contribution >= 0.6 is 15.9 Å². The molecule has 1 heterocycles. The van der Waals surface area contributed by atoms with Crippen LogP contribution in [0.1, 0.15) is 33.1 Å². The molecule has 0 N–H and O–H groups in total. The molecule has 3 nitrogen and oxygen atoms in total. The summed E-state index contributed by atoms with van der Waals surface area (Å²) >= 11 is 3.37. The predicted molar refractivity (Wildman–Crippen MR) is 64.3 cm³/mol. The van der Waals surface area contributed by atoms with Gasteiger partial charge in [-0.25, -0.2) is 0 Å². The van der Waals surface area contributed by atoms with Gasteiger partial charge in [-0.15, -0.1) is 0 Å². The lowest BCUT2D eigenvalue weighted by molar-refractivity contribution is -0.146. The van der Waals surface area contributed by atoms with E-state index in [-0.39, 0.29) is 11.4 Å². The summed E-state index contributed by atoms with van der Waals surface area (Å²) in [5, 5.41) is 0.979. The molecule has 4 heteroatoms. The molecular weight excluding hydrogens is 258 g/mol. The molecule has 1 rings (SSSR count). The Labute approximate surface area is 100 Å². The first-order chi connectivity index (χ1) is 7.08. The molecule has 88 valence electrons. The van der Waals surface area contributed by atoms with E-state index in [0.717, 1.165) is 24.7 Å². The fourth-order valence-electron chi connectivity index (χ4n) is 1.83. The number of unbranched alkanes of at least 4 members (excludes halogenated alkanes) is 1. The third-order valence-electron chi connectivity index (χ3n) is 2.72. The molecule has 0 bridgehead atoms. The van der Waals surface area contributed by atoms with Gasteiger partial charge < -0.3 is 9.64 Å². The van der Waals surface area contributed by atoms with Gasteiger partial charge in [0.25, 0.3) is 0 Å². The number of hydrogen-bond donors (Lipinski definition) is 0. The van der Waals surface area contributed by atoms with E-state index >= 15 is 0 Å². The summed E-state index contributed by atoms with van der Waals surface area (Å²) in [4.78, 5) is 13.9. The number of carbonyl (C=O) groups excluding carboxylic acids is 1. The van der Waals surface area contributed by atoms with E-state index in [1.54, 1.807) is 0 Å². The normalized spacial score (nSPS) is 20.3. The second-order valence-corrected chi connectivity index (χ2v) is 5.35. The number of morpholine rings is 1. The molecule has 15 heavy (non-hydrogen) atoms.